The highest BCUT2D eigenvalue weighted by atomic mass is 35.5. The number of aromatic nitrogens is 3. The predicted molar refractivity (Wildman–Crippen MR) is 110 cm³/mol. The van der Waals surface area contributed by atoms with Gasteiger partial charge in [0.2, 0.25) is 5.91 Å². The molecule has 0 unspecified atom stereocenters. The van der Waals surface area contributed by atoms with Crippen molar-refractivity contribution in [1.82, 2.24) is 19.7 Å². The molecule has 0 saturated heterocycles. The molecule has 146 valence electrons. The van der Waals surface area contributed by atoms with Crippen molar-refractivity contribution in [1.29, 1.82) is 0 Å². The molecule has 6 nitrogen and oxygen atoms in total. The highest BCUT2D eigenvalue weighted by Gasteiger charge is 2.16. The number of halogens is 2. The van der Waals surface area contributed by atoms with Crippen LogP contribution in [0, 0.1) is 13.8 Å². The number of nitrogens with zero attached hydrogens (tertiary/aromatic N) is 3. The molecule has 0 fully saturated rings. The number of rotatable bonds is 5. The van der Waals surface area contributed by atoms with Crippen LogP contribution in [0.4, 0.5) is 0 Å². The van der Waals surface area contributed by atoms with E-state index in [2.05, 4.69) is 10.4 Å². The molecular formula is C20H20Cl2N4O2. The second-order valence-electron chi connectivity index (χ2n) is 6.60. The number of aryl methyl sites for hydroxylation is 2. The van der Waals surface area contributed by atoms with Gasteiger partial charge in [-0.25, -0.2) is 14.0 Å². The van der Waals surface area contributed by atoms with Gasteiger partial charge in [-0.05, 0) is 62.2 Å². The van der Waals surface area contributed by atoms with Crippen LogP contribution >= 0.6 is 23.2 Å². The number of amides is 1. The molecule has 28 heavy (non-hydrogen) atoms. The minimum absolute atomic E-state index is 0.169. The standard InChI is InChI=1S/C20H20Cl2N4O2/c1-12-10-15(4-9-18(12)22)13(2)23-19(27)11-25-20(28)26(14(3)24-25)17-7-5-16(21)6-8-17/h4-10,13H,11H2,1-3H3,(H,23,27)/t13-/m0/s1. The quantitative estimate of drug-likeness (QED) is 0.684. The van der Waals surface area contributed by atoms with Crippen LogP contribution < -0.4 is 11.0 Å². The molecule has 8 heteroatoms. The summed E-state index contributed by atoms with van der Waals surface area (Å²) in [7, 11) is 0. The normalized spacial score (nSPS) is 12.0. The Bertz CT molecular complexity index is 1070. The molecule has 0 spiro atoms. The van der Waals surface area contributed by atoms with Crippen LogP contribution in [0.15, 0.2) is 47.3 Å². The number of nitrogens with one attached hydrogen (secondary N) is 1. The van der Waals surface area contributed by atoms with Crippen LogP contribution in [-0.4, -0.2) is 20.3 Å². The highest BCUT2D eigenvalue weighted by Crippen LogP contribution is 2.20. The van der Waals surface area contributed by atoms with Crippen molar-refractivity contribution in [2.24, 2.45) is 0 Å². The zero-order valence-corrected chi connectivity index (χ0v) is 17.3. The summed E-state index contributed by atoms with van der Waals surface area (Å²) in [6.45, 7) is 5.33. The molecule has 0 aliphatic rings. The second-order valence-corrected chi connectivity index (χ2v) is 7.44. The molecule has 1 heterocycles. The van der Waals surface area contributed by atoms with E-state index in [9.17, 15) is 9.59 Å². The Morgan fingerprint density at radius 3 is 2.46 bits per heavy atom. The van der Waals surface area contributed by atoms with Crippen LogP contribution in [-0.2, 0) is 11.3 Å². The van der Waals surface area contributed by atoms with Gasteiger partial charge >= 0.3 is 5.69 Å². The van der Waals surface area contributed by atoms with Gasteiger partial charge < -0.3 is 5.32 Å². The molecule has 1 amide bonds. The predicted octanol–water partition coefficient (Wildman–Crippen LogP) is 3.84. The molecular weight excluding hydrogens is 399 g/mol. The smallest absolute Gasteiger partial charge is 0.348 e. The van der Waals surface area contributed by atoms with Gasteiger partial charge in [-0.2, -0.15) is 5.10 Å². The third-order valence-corrected chi connectivity index (χ3v) is 5.11. The van der Waals surface area contributed by atoms with Crippen molar-refractivity contribution in [3.8, 4) is 5.69 Å². The van der Waals surface area contributed by atoms with Gasteiger partial charge in [0.1, 0.15) is 12.4 Å². The Hall–Kier alpha value is -2.57. The average molecular weight is 419 g/mol. The first-order valence-electron chi connectivity index (χ1n) is 8.74. The molecule has 1 atom stereocenters. The summed E-state index contributed by atoms with van der Waals surface area (Å²) in [5.74, 6) is 0.185. The topological polar surface area (TPSA) is 68.9 Å². The van der Waals surface area contributed by atoms with Gasteiger partial charge in [0, 0.05) is 10.0 Å². The first kappa shape index (κ1) is 20.2. The molecule has 2 aromatic carbocycles. The number of hydrogen-bond acceptors (Lipinski definition) is 3. The van der Waals surface area contributed by atoms with E-state index in [1.165, 1.54) is 4.57 Å². The second kappa shape index (κ2) is 8.20. The molecule has 0 radical (unpaired) electrons. The lowest BCUT2D eigenvalue weighted by atomic mass is 10.1. The Morgan fingerprint density at radius 1 is 1.14 bits per heavy atom. The Kier molecular flexibility index (Phi) is 5.91. The maximum atomic E-state index is 12.7. The van der Waals surface area contributed by atoms with Crippen LogP contribution in [0.25, 0.3) is 5.69 Å². The van der Waals surface area contributed by atoms with Crippen LogP contribution in [0.5, 0.6) is 0 Å². The number of carbonyl (C=O) groups excluding carboxylic acids is 1. The zero-order valence-electron chi connectivity index (χ0n) is 15.7. The summed E-state index contributed by atoms with van der Waals surface area (Å²) >= 11 is 12.0. The van der Waals surface area contributed by atoms with E-state index in [1.54, 1.807) is 37.3 Å². The summed E-state index contributed by atoms with van der Waals surface area (Å²) in [6.07, 6.45) is 0. The third-order valence-electron chi connectivity index (χ3n) is 4.44. The summed E-state index contributed by atoms with van der Waals surface area (Å²) in [5, 5.41) is 8.35. The van der Waals surface area contributed by atoms with E-state index in [0.29, 0.717) is 21.6 Å². The molecule has 1 N–H and O–H groups in total. The number of hydrogen-bond donors (Lipinski definition) is 1. The molecule has 3 rings (SSSR count). The minimum Gasteiger partial charge on any atom is -0.348 e. The highest BCUT2D eigenvalue weighted by molar-refractivity contribution is 6.31. The van der Waals surface area contributed by atoms with E-state index in [0.717, 1.165) is 15.8 Å². The van der Waals surface area contributed by atoms with Crippen LogP contribution in [0.1, 0.15) is 29.9 Å². The lowest BCUT2D eigenvalue weighted by Gasteiger charge is -2.15. The van der Waals surface area contributed by atoms with Crippen LogP contribution in [0.2, 0.25) is 10.0 Å². The maximum Gasteiger partial charge on any atom is 0.351 e. The fourth-order valence-corrected chi connectivity index (χ4v) is 3.19. The summed E-state index contributed by atoms with van der Waals surface area (Å²) in [5.41, 5.74) is 2.13. The fourth-order valence-electron chi connectivity index (χ4n) is 2.95. The Balaban J connectivity index is 1.75. The van der Waals surface area contributed by atoms with Gasteiger partial charge in [-0.3, -0.25) is 4.79 Å². The molecule has 1 aromatic heterocycles. The van der Waals surface area contributed by atoms with Crippen molar-refractivity contribution < 1.29 is 4.79 Å². The summed E-state index contributed by atoms with van der Waals surface area (Å²) in [6, 6.07) is 12.2. The van der Waals surface area contributed by atoms with Crippen molar-refractivity contribution in [2.45, 2.75) is 33.4 Å². The van der Waals surface area contributed by atoms with Crippen molar-refractivity contribution in [3.05, 3.63) is 79.9 Å². The molecule has 0 aliphatic heterocycles. The SMILES string of the molecule is Cc1cc([C@H](C)NC(=O)Cn2nc(C)n(-c3ccc(Cl)cc3)c2=O)ccc1Cl. The van der Waals surface area contributed by atoms with Crippen molar-refractivity contribution in [3.63, 3.8) is 0 Å². The third kappa shape index (κ3) is 4.29. The first-order chi connectivity index (χ1) is 13.3. The average Bonchev–Trinajstić information content (AvgIpc) is 2.91. The van der Waals surface area contributed by atoms with E-state index in [-0.39, 0.29) is 24.2 Å². The summed E-state index contributed by atoms with van der Waals surface area (Å²) < 4.78 is 2.59. The monoisotopic (exact) mass is 418 g/mol. The van der Waals surface area contributed by atoms with Crippen molar-refractivity contribution >= 4 is 29.1 Å². The van der Waals surface area contributed by atoms with Crippen molar-refractivity contribution in [2.75, 3.05) is 0 Å². The number of carbonyl (C=O) groups is 1. The van der Waals surface area contributed by atoms with E-state index >= 15 is 0 Å². The van der Waals surface area contributed by atoms with E-state index < -0.39 is 0 Å². The zero-order chi connectivity index (χ0) is 20.4. The Labute approximate surface area is 172 Å². The van der Waals surface area contributed by atoms with Gasteiger partial charge in [0.15, 0.2) is 0 Å². The molecule has 3 aromatic rings. The first-order valence-corrected chi connectivity index (χ1v) is 9.49. The molecule has 0 saturated carbocycles. The van der Waals surface area contributed by atoms with E-state index in [1.807, 2.05) is 26.0 Å². The molecule has 0 bridgehead atoms. The van der Waals surface area contributed by atoms with Gasteiger partial charge in [-0.15, -0.1) is 0 Å². The largest absolute Gasteiger partial charge is 0.351 e. The Morgan fingerprint density at radius 2 is 1.82 bits per heavy atom. The lowest BCUT2D eigenvalue weighted by molar-refractivity contribution is -0.122. The fraction of sp³-hybridized carbons (Fsp3) is 0.250. The molecule has 0 aliphatic carbocycles. The van der Waals surface area contributed by atoms with Gasteiger partial charge in [0.25, 0.3) is 0 Å². The van der Waals surface area contributed by atoms with Crippen LogP contribution in [0.3, 0.4) is 0 Å². The number of benzene rings is 2. The van der Waals surface area contributed by atoms with Gasteiger partial charge in [0.05, 0.1) is 11.7 Å². The lowest BCUT2D eigenvalue weighted by Crippen LogP contribution is -2.34. The summed E-state index contributed by atoms with van der Waals surface area (Å²) in [4.78, 5) is 25.1. The van der Waals surface area contributed by atoms with E-state index in [4.69, 9.17) is 23.2 Å². The minimum atomic E-state index is -0.384. The maximum absolute atomic E-state index is 12.7. The van der Waals surface area contributed by atoms with Gasteiger partial charge in [-0.1, -0.05) is 35.3 Å².